The van der Waals surface area contributed by atoms with E-state index in [0.29, 0.717) is 6.42 Å². The molecule has 0 aromatic carbocycles. The number of carbonyl (C=O) groups is 1. The third-order valence-corrected chi connectivity index (χ3v) is 3.16. The summed E-state index contributed by atoms with van der Waals surface area (Å²) in [7, 11) is 0. The van der Waals surface area contributed by atoms with Crippen LogP contribution in [0.15, 0.2) is 0 Å². The van der Waals surface area contributed by atoms with Crippen molar-refractivity contribution in [3.63, 3.8) is 0 Å². The first-order chi connectivity index (χ1) is 9.31. The number of nitrogens with one attached hydrogen (secondary N) is 1. The van der Waals surface area contributed by atoms with E-state index in [1.54, 1.807) is 0 Å². The van der Waals surface area contributed by atoms with Crippen molar-refractivity contribution in [2.45, 2.75) is 78.1 Å². The lowest BCUT2D eigenvalue weighted by Crippen LogP contribution is -2.21. The van der Waals surface area contributed by atoms with Gasteiger partial charge in [-0.15, -0.1) is 0 Å². The van der Waals surface area contributed by atoms with Crippen molar-refractivity contribution in [1.82, 2.24) is 5.32 Å². The van der Waals surface area contributed by atoms with Crippen LogP contribution in [-0.4, -0.2) is 25.7 Å². The van der Waals surface area contributed by atoms with Gasteiger partial charge in [-0.2, -0.15) is 0 Å². The molecule has 0 aromatic rings. The number of carbonyl (C=O) groups excluding carboxylic acids is 1. The van der Waals surface area contributed by atoms with Crippen LogP contribution in [-0.2, 0) is 9.53 Å². The van der Waals surface area contributed by atoms with Crippen molar-refractivity contribution in [2.24, 2.45) is 0 Å². The molecule has 1 amide bonds. The van der Waals surface area contributed by atoms with Gasteiger partial charge in [0, 0.05) is 26.2 Å². The van der Waals surface area contributed by atoms with Gasteiger partial charge in [-0.05, 0) is 26.2 Å². The van der Waals surface area contributed by atoms with E-state index in [9.17, 15) is 4.79 Å². The van der Waals surface area contributed by atoms with E-state index >= 15 is 0 Å². The summed E-state index contributed by atoms with van der Waals surface area (Å²) >= 11 is 0. The molecule has 0 rings (SSSR count). The standard InChI is InChI=1S/C16H33NO2/c1-3-14-19-15-12-10-8-6-5-7-9-11-13-16(18)17-4-2/h3-15H2,1-2H3,(H,17,18). The number of hydrogen-bond acceptors (Lipinski definition) is 2. The van der Waals surface area contributed by atoms with Crippen LogP contribution in [0.3, 0.4) is 0 Å². The molecular formula is C16H33NO2. The topological polar surface area (TPSA) is 38.3 Å². The SMILES string of the molecule is CCCOCCCCCCCCCCC(=O)NCC. The van der Waals surface area contributed by atoms with Gasteiger partial charge >= 0.3 is 0 Å². The number of ether oxygens (including phenoxy) is 1. The Kier molecular flexibility index (Phi) is 15.0. The van der Waals surface area contributed by atoms with Gasteiger partial charge in [0.25, 0.3) is 0 Å². The van der Waals surface area contributed by atoms with Gasteiger partial charge in [0.2, 0.25) is 5.91 Å². The smallest absolute Gasteiger partial charge is 0.219 e. The van der Waals surface area contributed by atoms with Crippen LogP contribution in [0.2, 0.25) is 0 Å². The highest BCUT2D eigenvalue weighted by Crippen LogP contribution is 2.09. The molecule has 114 valence electrons. The zero-order chi connectivity index (χ0) is 14.2. The minimum Gasteiger partial charge on any atom is -0.381 e. The fourth-order valence-corrected chi connectivity index (χ4v) is 2.08. The molecule has 0 aliphatic heterocycles. The van der Waals surface area contributed by atoms with E-state index in [1.165, 1.54) is 44.9 Å². The predicted molar refractivity (Wildman–Crippen MR) is 81.3 cm³/mol. The maximum Gasteiger partial charge on any atom is 0.219 e. The summed E-state index contributed by atoms with van der Waals surface area (Å²) in [6.45, 7) is 6.70. The van der Waals surface area contributed by atoms with E-state index < -0.39 is 0 Å². The Balaban J connectivity index is 3.01. The Labute approximate surface area is 119 Å². The molecule has 0 heterocycles. The molecular weight excluding hydrogens is 238 g/mol. The molecule has 3 nitrogen and oxygen atoms in total. The first-order valence-corrected chi connectivity index (χ1v) is 8.15. The van der Waals surface area contributed by atoms with Crippen LogP contribution < -0.4 is 5.32 Å². The number of hydrogen-bond donors (Lipinski definition) is 1. The van der Waals surface area contributed by atoms with Gasteiger partial charge in [0.05, 0.1) is 0 Å². The van der Waals surface area contributed by atoms with Crippen molar-refractivity contribution in [3.05, 3.63) is 0 Å². The summed E-state index contributed by atoms with van der Waals surface area (Å²) < 4.78 is 5.45. The van der Waals surface area contributed by atoms with Crippen molar-refractivity contribution < 1.29 is 9.53 Å². The minimum absolute atomic E-state index is 0.203. The molecule has 0 saturated carbocycles. The molecule has 0 aromatic heterocycles. The highest BCUT2D eigenvalue weighted by atomic mass is 16.5. The molecule has 0 spiro atoms. The summed E-state index contributed by atoms with van der Waals surface area (Å²) in [4.78, 5) is 11.2. The average Bonchev–Trinajstić information content (AvgIpc) is 2.40. The van der Waals surface area contributed by atoms with Crippen molar-refractivity contribution >= 4 is 5.91 Å². The van der Waals surface area contributed by atoms with Gasteiger partial charge in [0.15, 0.2) is 0 Å². The van der Waals surface area contributed by atoms with Crippen LogP contribution in [0.25, 0.3) is 0 Å². The first kappa shape index (κ1) is 18.4. The number of amides is 1. The van der Waals surface area contributed by atoms with Crippen LogP contribution in [0, 0.1) is 0 Å². The van der Waals surface area contributed by atoms with E-state index in [-0.39, 0.29) is 5.91 Å². The van der Waals surface area contributed by atoms with E-state index in [4.69, 9.17) is 4.74 Å². The second kappa shape index (κ2) is 15.5. The van der Waals surface area contributed by atoms with Gasteiger partial charge in [-0.25, -0.2) is 0 Å². The monoisotopic (exact) mass is 271 g/mol. The molecule has 3 heteroatoms. The van der Waals surface area contributed by atoms with Crippen LogP contribution >= 0.6 is 0 Å². The second-order valence-electron chi connectivity index (χ2n) is 5.14. The minimum atomic E-state index is 0.203. The maximum absolute atomic E-state index is 11.2. The van der Waals surface area contributed by atoms with Crippen LogP contribution in [0.1, 0.15) is 78.1 Å². The van der Waals surface area contributed by atoms with Crippen molar-refractivity contribution in [2.75, 3.05) is 19.8 Å². The molecule has 0 fully saturated rings. The Morgan fingerprint density at radius 1 is 0.842 bits per heavy atom. The van der Waals surface area contributed by atoms with Gasteiger partial charge in [-0.1, -0.05) is 45.4 Å². The lowest BCUT2D eigenvalue weighted by molar-refractivity contribution is -0.121. The third kappa shape index (κ3) is 15.4. The van der Waals surface area contributed by atoms with Gasteiger partial charge < -0.3 is 10.1 Å². The number of rotatable bonds is 14. The van der Waals surface area contributed by atoms with Gasteiger partial charge in [0.1, 0.15) is 0 Å². The van der Waals surface area contributed by atoms with E-state index in [0.717, 1.165) is 32.6 Å². The maximum atomic E-state index is 11.2. The second-order valence-corrected chi connectivity index (χ2v) is 5.14. The largest absolute Gasteiger partial charge is 0.381 e. The summed E-state index contributed by atoms with van der Waals surface area (Å²) in [5.74, 6) is 0.203. The Morgan fingerprint density at radius 2 is 1.42 bits per heavy atom. The summed E-state index contributed by atoms with van der Waals surface area (Å²) in [6.07, 6.45) is 11.8. The normalized spacial score (nSPS) is 10.6. The highest BCUT2D eigenvalue weighted by Gasteiger charge is 1.98. The molecule has 1 N–H and O–H groups in total. The predicted octanol–water partition coefficient (Wildman–Crippen LogP) is 4.06. The average molecular weight is 271 g/mol. The lowest BCUT2D eigenvalue weighted by Gasteiger charge is -2.04. The van der Waals surface area contributed by atoms with Crippen LogP contribution in [0.4, 0.5) is 0 Å². The zero-order valence-corrected chi connectivity index (χ0v) is 13.0. The first-order valence-electron chi connectivity index (χ1n) is 8.15. The summed E-state index contributed by atoms with van der Waals surface area (Å²) in [6, 6.07) is 0. The molecule has 0 aliphatic carbocycles. The zero-order valence-electron chi connectivity index (χ0n) is 13.0. The quantitative estimate of drug-likeness (QED) is 0.484. The fourth-order valence-electron chi connectivity index (χ4n) is 2.08. The fraction of sp³-hybridized carbons (Fsp3) is 0.938. The molecule has 0 radical (unpaired) electrons. The lowest BCUT2D eigenvalue weighted by atomic mass is 10.1. The third-order valence-electron chi connectivity index (χ3n) is 3.16. The molecule has 0 atom stereocenters. The van der Waals surface area contributed by atoms with Crippen molar-refractivity contribution in [3.8, 4) is 0 Å². The van der Waals surface area contributed by atoms with E-state index in [2.05, 4.69) is 12.2 Å². The summed E-state index contributed by atoms with van der Waals surface area (Å²) in [5, 5.41) is 2.83. The Morgan fingerprint density at radius 3 is 2.00 bits per heavy atom. The molecule has 0 aliphatic rings. The van der Waals surface area contributed by atoms with E-state index in [1.807, 2.05) is 6.92 Å². The molecule has 0 saturated heterocycles. The summed E-state index contributed by atoms with van der Waals surface area (Å²) in [5.41, 5.74) is 0. The van der Waals surface area contributed by atoms with Crippen molar-refractivity contribution in [1.29, 1.82) is 0 Å². The Hall–Kier alpha value is -0.570. The molecule has 0 unspecified atom stereocenters. The highest BCUT2D eigenvalue weighted by molar-refractivity contribution is 5.75. The van der Waals surface area contributed by atoms with Crippen LogP contribution in [0.5, 0.6) is 0 Å². The van der Waals surface area contributed by atoms with Gasteiger partial charge in [-0.3, -0.25) is 4.79 Å². The Bertz CT molecular complexity index is 195. The molecule has 19 heavy (non-hydrogen) atoms. The molecule has 0 bridgehead atoms. The number of unbranched alkanes of at least 4 members (excludes halogenated alkanes) is 7.